The molecule has 0 rings (SSSR count). The fourth-order valence-electron chi connectivity index (χ4n) is 5.18. The maximum Gasteiger partial charge on any atom is 0.472 e. The number of nitrogens with one attached hydrogen (secondary N) is 2. The number of nitrogens with two attached hydrogens (primary N) is 1. The molecule has 16 nitrogen and oxygen atoms in total. The molecule has 0 bridgehead atoms. The molecule has 17 heteroatoms. The van der Waals surface area contributed by atoms with Gasteiger partial charge in [0, 0.05) is 60.3 Å². The number of phosphoric acid groups is 1. The summed E-state index contributed by atoms with van der Waals surface area (Å²) in [7, 11) is -4.71. The highest BCUT2D eigenvalue weighted by Gasteiger charge is 2.26. The van der Waals surface area contributed by atoms with Gasteiger partial charge in [0.15, 0.2) is 6.10 Å². The molecule has 0 aromatic carbocycles. The van der Waals surface area contributed by atoms with Gasteiger partial charge >= 0.3 is 19.8 Å². The van der Waals surface area contributed by atoms with Crippen LogP contribution in [-0.2, 0) is 56.5 Å². The molecule has 392 valence electrons. The normalized spacial score (nSPS) is 11.1. The van der Waals surface area contributed by atoms with Crippen LogP contribution in [0.2, 0.25) is 0 Å². The summed E-state index contributed by atoms with van der Waals surface area (Å²) in [5, 5.41) is 5.13. The van der Waals surface area contributed by atoms with Gasteiger partial charge in [-0.25, -0.2) is 9.36 Å². The van der Waals surface area contributed by atoms with Gasteiger partial charge in [-0.3, -0.25) is 23.4 Å². The number of carbonyl (C=O) groups excluding carboxylic acids is 4. The van der Waals surface area contributed by atoms with Gasteiger partial charge in [-0.1, -0.05) is 95.4 Å². The largest absolute Gasteiger partial charge is 0.472 e. The molecule has 2 unspecified atom stereocenters. The third-order valence-corrected chi connectivity index (χ3v) is 9.41. The number of amides is 2. The number of esters is 2. The number of carbonyl (C=O) groups is 4. The number of hydrogen-bond acceptors (Lipinski definition) is 13. The quantitative estimate of drug-likeness (QED) is 0.0148. The highest BCUT2D eigenvalue weighted by molar-refractivity contribution is 7.47. The zero-order valence-corrected chi connectivity index (χ0v) is 39.4. The number of ether oxygens (including phenoxy) is 5. The number of unbranched alkanes of at least 4 members (excludes halogenated alkanes) is 12. The van der Waals surface area contributed by atoms with Gasteiger partial charge in [0.2, 0.25) is 11.8 Å². The molecule has 0 heterocycles. The van der Waals surface area contributed by atoms with E-state index in [-0.39, 0.29) is 66.3 Å². The summed E-state index contributed by atoms with van der Waals surface area (Å²) in [6, 6.07) is 0. The maximum atomic E-state index is 12.7. The summed E-state index contributed by atoms with van der Waals surface area (Å²) in [6.45, 7) is 6.84. The molecule has 0 fully saturated rings. The third-order valence-electron chi connectivity index (χ3n) is 8.43. The molecule has 0 radical (unpaired) electrons. The van der Waals surface area contributed by atoms with Crippen molar-refractivity contribution in [3.63, 3.8) is 0 Å². The van der Waals surface area contributed by atoms with Crippen molar-refractivity contribution in [1.82, 2.24) is 10.6 Å². The molecule has 0 saturated carbocycles. The second-order valence-corrected chi connectivity index (χ2v) is 15.5. The van der Waals surface area contributed by atoms with Gasteiger partial charge in [-0.05, 0) is 76.0 Å². The van der Waals surface area contributed by atoms with E-state index in [0.29, 0.717) is 46.0 Å². The third kappa shape index (κ3) is 45.3. The van der Waals surface area contributed by atoms with E-state index in [4.69, 9.17) is 38.5 Å². The van der Waals surface area contributed by atoms with Crippen molar-refractivity contribution in [2.75, 3.05) is 79.1 Å². The predicted octanol–water partition coefficient (Wildman–Crippen LogP) is 9.97. The lowest BCUT2D eigenvalue weighted by atomic mass is 10.0. The van der Waals surface area contributed by atoms with Crippen LogP contribution in [0, 0.1) is 0 Å². The Kier molecular flexibility index (Phi) is 42.5. The molecule has 2 amide bonds. The average molecular weight is 968 g/mol. The molecule has 0 saturated heterocycles. The lowest BCUT2D eigenvalue weighted by Crippen LogP contribution is -2.31. The first-order valence-corrected chi connectivity index (χ1v) is 23.9. The van der Waals surface area contributed by atoms with Gasteiger partial charge in [0.1, 0.15) is 6.61 Å². The molecule has 5 N–H and O–H groups in total. The van der Waals surface area contributed by atoms with E-state index in [0.717, 1.165) is 31.8 Å². The van der Waals surface area contributed by atoms with E-state index in [2.05, 4.69) is 98.6 Å². The molecule has 0 aliphatic rings. The van der Waals surface area contributed by atoms with E-state index < -0.39 is 51.6 Å². The number of rotatable bonds is 39. The predicted molar refractivity (Wildman–Crippen MR) is 277 cm³/mol. The van der Waals surface area contributed by atoms with Gasteiger partial charge < -0.3 is 44.9 Å². The minimum Gasteiger partial charge on any atom is -0.458 e. The van der Waals surface area contributed by atoms with Crippen molar-refractivity contribution >= 4 is 31.6 Å². The van der Waals surface area contributed by atoms with Gasteiger partial charge in [-0.2, -0.15) is 0 Å². The summed E-state index contributed by atoms with van der Waals surface area (Å²) in [5.74, 6) is -2.32. The second-order valence-electron chi connectivity index (χ2n) is 14.0. The zero-order valence-electron chi connectivity index (χ0n) is 38.5. The second kappa shape index (κ2) is 46.2. The van der Waals surface area contributed by atoms with E-state index in [1.165, 1.54) is 51.4 Å². The van der Waals surface area contributed by atoms with Crippen molar-refractivity contribution in [2.45, 2.75) is 116 Å². The van der Waals surface area contributed by atoms with Crippen molar-refractivity contribution in [2.24, 2.45) is 5.73 Å². The van der Waals surface area contributed by atoms with E-state index in [9.17, 15) is 28.6 Å². The van der Waals surface area contributed by atoms with E-state index in [1.807, 2.05) is 0 Å². The molecule has 66 heavy (non-hydrogen) atoms. The molecule has 0 aliphatic carbocycles. The summed E-state index contributed by atoms with van der Waals surface area (Å²) in [5.41, 5.74) is 37.0. The van der Waals surface area contributed by atoms with Gasteiger partial charge in [-0.15, -0.1) is 0 Å². The van der Waals surface area contributed by atoms with Crippen LogP contribution < -0.4 is 16.4 Å². The number of phosphoric ester groups is 1. The first kappa shape index (κ1) is 60.7. The highest BCUT2D eigenvalue weighted by Crippen LogP contribution is 2.43. The van der Waals surface area contributed by atoms with Crippen LogP contribution in [0.3, 0.4) is 0 Å². The summed E-state index contributed by atoms with van der Waals surface area (Å²) >= 11 is 0. The minimum absolute atomic E-state index is 0. The van der Waals surface area contributed by atoms with Crippen molar-refractivity contribution in [1.29, 1.82) is 0 Å². The van der Waals surface area contributed by atoms with Gasteiger partial charge in [0.05, 0.1) is 58.9 Å². The molecule has 0 aromatic heterocycles. The Labute approximate surface area is 412 Å². The molecule has 2 atom stereocenters. The first-order valence-electron chi connectivity index (χ1n) is 22.4. The van der Waals surface area contributed by atoms with E-state index in [1.54, 1.807) is 0 Å². The maximum absolute atomic E-state index is 12.7. The Balaban J connectivity index is -0.000000201. The summed E-state index contributed by atoms with van der Waals surface area (Å²) in [4.78, 5) is 59.5. The Morgan fingerprint density at radius 1 is 0.621 bits per heavy atom. The Morgan fingerprint density at radius 2 is 1.09 bits per heavy atom. The summed E-state index contributed by atoms with van der Waals surface area (Å²) in [6.07, 6.45) is 14.4. The monoisotopic (exact) mass is 968 g/mol. The average Bonchev–Trinajstić information content (AvgIpc) is 3.30. The van der Waals surface area contributed by atoms with Crippen molar-refractivity contribution in [3.8, 4) is 0 Å². The first-order chi connectivity index (χ1) is 32.1. The summed E-state index contributed by atoms with van der Waals surface area (Å²) < 4.78 is 49.1. The van der Waals surface area contributed by atoms with Crippen LogP contribution in [0.1, 0.15) is 131 Å². The van der Waals surface area contributed by atoms with Crippen LogP contribution in [0.5, 0.6) is 0 Å². The highest BCUT2D eigenvalue weighted by atomic mass is 31.2. The molecule has 0 aliphatic heterocycles. The lowest BCUT2D eigenvalue weighted by Gasteiger charge is -2.19. The van der Waals surface area contributed by atoms with Crippen molar-refractivity contribution in [3.05, 3.63) is 87.2 Å². The topological polar surface area (TPSA) is 220 Å². The van der Waals surface area contributed by atoms with Crippen LogP contribution in [0.4, 0.5) is 0 Å². The van der Waals surface area contributed by atoms with E-state index >= 15 is 0 Å². The SMILES string of the molecule is C=C=C=C=C=C=C=C=C=C=C=C=C=C=CC(=O)OCC(COP(=O)(O)OCCNC(=O)CCC(=O)NCCOCCOCCOCCN)OC(=O)CCCCCCCCCCCCCCC.[HH].[HH].[HH].[HH].[HH].[HH].[HH].[HH].[HH].[HH].[HH].[HH].[HH].[HH].[HH]. The smallest absolute Gasteiger partial charge is 0.458 e. The van der Waals surface area contributed by atoms with Crippen LogP contribution in [-0.4, -0.2) is 114 Å². The van der Waals surface area contributed by atoms with Crippen LogP contribution in [0.25, 0.3) is 0 Å². The van der Waals surface area contributed by atoms with Crippen LogP contribution in [0.15, 0.2) is 87.2 Å². The van der Waals surface area contributed by atoms with Gasteiger partial charge in [0.25, 0.3) is 0 Å². The Morgan fingerprint density at radius 3 is 1.62 bits per heavy atom. The lowest BCUT2D eigenvalue weighted by molar-refractivity contribution is -0.159. The minimum atomic E-state index is -4.71. The standard InChI is InChI=1S/C49H68N3O13P.15H2/c1-3-5-7-9-11-13-15-17-19-21-23-25-27-29-48(55)62-43-45(65-49(56)30-28-26-24-22-20-18-16-14-12-10-8-6-4-2)44-64-66(57,58)63-38-35-52-47(54)32-31-46(53)51-34-37-60-40-42-61-41-39-59-36-33-50;;;;;;;;;;;;;;;/h29,45H,1,4,6,8,10,12,14,16,18,20,22,24,26,28,30-44,50H2,2H3,(H,51,53)(H,52,54)(H,57,58);15*1H. The zero-order chi connectivity index (χ0) is 48.4. The Hall–Kier alpha value is -5.29. The molecular weight excluding hydrogens is 870 g/mol. The molecular formula is C49H98N3O13P. The fraction of sp³-hybridized carbons (Fsp3) is 0.612. The fourth-order valence-corrected chi connectivity index (χ4v) is 5.93. The van der Waals surface area contributed by atoms with Crippen molar-refractivity contribution < 1.29 is 82.8 Å². The molecule has 0 spiro atoms. The molecule has 0 aromatic rings. The number of hydrogen-bond donors (Lipinski definition) is 4. The Bertz CT molecular complexity index is 2030. The van der Waals surface area contributed by atoms with Crippen LogP contribution >= 0.6 is 7.82 Å².